The maximum absolute atomic E-state index is 12.5. The van der Waals surface area contributed by atoms with Crippen LogP contribution in [0.3, 0.4) is 0 Å². The molecular formula is C21H27N5O2S. The predicted octanol–water partition coefficient (Wildman–Crippen LogP) is 3.70. The number of thioether (sulfide) groups is 1. The Hall–Kier alpha value is -2.35. The van der Waals surface area contributed by atoms with Gasteiger partial charge in [-0.15, -0.1) is 10.2 Å². The molecule has 0 aliphatic heterocycles. The van der Waals surface area contributed by atoms with Gasteiger partial charge < -0.3 is 14.8 Å². The molecule has 0 spiro atoms. The highest BCUT2D eigenvalue weighted by atomic mass is 32.2. The Morgan fingerprint density at radius 2 is 1.93 bits per heavy atom. The second-order valence-electron chi connectivity index (χ2n) is 7.61. The first-order chi connectivity index (χ1) is 14.1. The van der Waals surface area contributed by atoms with Crippen molar-refractivity contribution in [3.8, 4) is 0 Å². The molecule has 1 heterocycles. The monoisotopic (exact) mass is 413 g/mol. The SMILES string of the molecule is CCN(CC)C(=O)c1cccc(NC(=O)CSc2nnc(C3CC3)n2C2CC2)c1. The smallest absolute Gasteiger partial charge is 0.253 e. The Balaban J connectivity index is 1.37. The van der Waals surface area contributed by atoms with Crippen LogP contribution in [0.2, 0.25) is 0 Å². The molecule has 2 saturated carbocycles. The number of nitrogens with one attached hydrogen (secondary N) is 1. The van der Waals surface area contributed by atoms with Crippen molar-refractivity contribution in [1.29, 1.82) is 0 Å². The van der Waals surface area contributed by atoms with Crippen molar-refractivity contribution in [2.24, 2.45) is 0 Å². The molecule has 0 saturated heterocycles. The lowest BCUT2D eigenvalue weighted by Crippen LogP contribution is -2.30. The molecule has 2 aromatic rings. The minimum absolute atomic E-state index is 0.0226. The summed E-state index contributed by atoms with van der Waals surface area (Å²) in [5.74, 6) is 1.78. The van der Waals surface area contributed by atoms with E-state index >= 15 is 0 Å². The van der Waals surface area contributed by atoms with Gasteiger partial charge >= 0.3 is 0 Å². The highest BCUT2D eigenvalue weighted by Gasteiger charge is 2.36. The van der Waals surface area contributed by atoms with Crippen molar-refractivity contribution in [2.45, 2.75) is 56.6 Å². The highest BCUT2D eigenvalue weighted by Crippen LogP contribution is 2.45. The summed E-state index contributed by atoms with van der Waals surface area (Å²) in [6.45, 7) is 5.23. The summed E-state index contributed by atoms with van der Waals surface area (Å²) in [5, 5.41) is 12.5. The lowest BCUT2D eigenvalue weighted by molar-refractivity contribution is -0.113. The van der Waals surface area contributed by atoms with Gasteiger partial charge in [0, 0.05) is 36.3 Å². The van der Waals surface area contributed by atoms with Gasteiger partial charge in [0.15, 0.2) is 5.16 Å². The van der Waals surface area contributed by atoms with Crippen LogP contribution in [0.4, 0.5) is 5.69 Å². The van der Waals surface area contributed by atoms with E-state index < -0.39 is 0 Å². The zero-order valence-corrected chi connectivity index (χ0v) is 17.7. The Morgan fingerprint density at radius 3 is 2.59 bits per heavy atom. The van der Waals surface area contributed by atoms with Crippen LogP contribution in [-0.4, -0.2) is 50.3 Å². The molecule has 154 valence electrons. The molecule has 2 aliphatic carbocycles. The summed E-state index contributed by atoms with van der Waals surface area (Å²) in [7, 11) is 0. The van der Waals surface area contributed by atoms with Crippen molar-refractivity contribution in [3.05, 3.63) is 35.7 Å². The number of carbonyl (C=O) groups excluding carboxylic acids is 2. The molecule has 0 bridgehead atoms. The number of carbonyl (C=O) groups is 2. The van der Waals surface area contributed by atoms with Gasteiger partial charge in [-0.2, -0.15) is 0 Å². The fourth-order valence-electron chi connectivity index (χ4n) is 3.43. The number of anilines is 1. The maximum Gasteiger partial charge on any atom is 0.253 e. The van der Waals surface area contributed by atoms with Crippen LogP contribution in [0.15, 0.2) is 29.4 Å². The largest absolute Gasteiger partial charge is 0.339 e. The molecular weight excluding hydrogens is 386 g/mol. The summed E-state index contributed by atoms with van der Waals surface area (Å²) >= 11 is 1.43. The molecule has 4 rings (SSSR count). The first-order valence-corrected chi connectivity index (χ1v) is 11.4. The molecule has 7 nitrogen and oxygen atoms in total. The standard InChI is InChI=1S/C21H27N5O2S/c1-3-25(4-2)20(28)15-6-5-7-16(12-15)22-18(27)13-29-21-24-23-19(14-8-9-14)26(21)17-10-11-17/h5-7,12,14,17H,3-4,8-11,13H2,1-2H3,(H,22,27). The Kier molecular flexibility index (Phi) is 5.89. The van der Waals surface area contributed by atoms with Gasteiger partial charge in [0.05, 0.1) is 5.75 Å². The van der Waals surface area contributed by atoms with Crippen LogP contribution in [0.25, 0.3) is 0 Å². The van der Waals surface area contributed by atoms with Crippen LogP contribution in [0.5, 0.6) is 0 Å². The summed E-state index contributed by atoms with van der Waals surface area (Å²) in [6.07, 6.45) is 4.73. The molecule has 1 aromatic carbocycles. The molecule has 1 N–H and O–H groups in total. The highest BCUT2D eigenvalue weighted by molar-refractivity contribution is 7.99. The molecule has 2 amide bonds. The predicted molar refractivity (Wildman–Crippen MR) is 113 cm³/mol. The van der Waals surface area contributed by atoms with E-state index in [4.69, 9.17) is 0 Å². The van der Waals surface area contributed by atoms with Gasteiger partial charge in [0.25, 0.3) is 5.91 Å². The molecule has 0 radical (unpaired) electrons. The van der Waals surface area contributed by atoms with E-state index in [-0.39, 0.29) is 17.6 Å². The van der Waals surface area contributed by atoms with Crippen molar-refractivity contribution in [3.63, 3.8) is 0 Å². The van der Waals surface area contributed by atoms with Crippen LogP contribution >= 0.6 is 11.8 Å². The first-order valence-electron chi connectivity index (χ1n) is 10.4. The lowest BCUT2D eigenvalue weighted by Gasteiger charge is -2.19. The van der Waals surface area contributed by atoms with Gasteiger partial charge in [-0.25, -0.2) is 0 Å². The third-order valence-corrected chi connectivity index (χ3v) is 6.26. The molecule has 0 atom stereocenters. The summed E-state index contributed by atoms with van der Waals surface area (Å²) < 4.78 is 2.25. The van der Waals surface area contributed by atoms with E-state index in [0.29, 0.717) is 36.3 Å². The maximum atomic E-state index is 12.5. The number of benzene rings is 1. The molecule has 2 fully saturated rings. The van der Waals surface area contributed by atoms with Crippen LogP contribution in [0.1, 0.15) is 67.7 Å². The zero-order chi connectivity index (χ0) is 20.4. The average Bonchev–Trinajstić information content (AvgIpc) is 3.66. The number of hydrogen-bond acceptors (Lipinski definition) is 5. The van der Waals surface area contributed by atoms with E-state index in [1.165, 1.54) is 37.4 Å². The molecule has 8 heteroatoms. The van der Waals surface area contributed by atoms with Crippen molar-refractivity contribution < 1.29 is 9.59 Å². The second-order valence-corrected chi connectivity index (χ2v) is 8.55. The van der Waals surface area contributed by atoms with Gasteiger partial charge in [-0.05, 0) is 57.7 Å². The number of hydrogen-bond donors (Lipinski definition) is 1. The van der Waals surface area contributed by atoms with Crippen LogP contribution in [-0.2, 0) is 4.79 Å². The molecule has 0 unspecified atom stereocenters. The van der Waals surface area contributed by atoms with Crippen molar-refractivity contribution in [1.82, 2.24) is 19.7 Å². The molecule has 29 heavy (non-hydrogen) atoms. The molecule has 2 aliphatic rings. The van der Waals surface area contributed by atoms with Crippen LogP contribution in [0, 0.1) is 0 Å². The Bertz CT molecular complexity index is 900. The van der Waals surface area contributed by atoms with E-state index in [1.54, 1.807) is 29.2 Å². The van der Waals surface area contributed by atoms with E-state index in [1.807, 2.05) is 13.8 Å². The number of aromatic nitrogens is 3. The average molecular weight is 414 g/mol. The summed E-state index contributed by atoms with van der Waals surface area (Å²) in [5.41, 5.74) is 1.22. The van der Waals surface area contributed by atoms with Gasteiger partial charge in [-0.3, -0.25) is 9.59 Å². The van der Waals surface area contributed by atoms with Gasteiger partial charge in [0.2, 0.25) is 5.91 Å². The topological polar surface area (TPSA) is 80.1 Å². The van der Waals surface area contributed by atoms with Crippen LogP contribution < -0.4 is 5.32 Å². The Morgan fingerprint density at radius 1 is 1.17 bits per heavy atom. The third kappa shape index (κ3) is 4.63. The Labute approximate surface area is 175 Å². The lowest BCUT2D eigenvalue weighted by atomic mass is 10.1. The fraction of sp³-hybridized carbons (Fsp3) is 0.524. The number of amides is 2. The summed E-state index contributed by atoms with van der Waals surface area (Å²) in [4.78, 5) is 26.8. The fourth-order valence-corrected chi connectivity index (χ4v) is 4.25. The zero-order valence-electron chi connectivity index (χ0n) is 16.9. The van der Waals surface area contributed by atoms with Crippen molar-refractivity contribution >= 4 is 29.3 Å². The van der Waals surface area contributed by atoms with Gasteiger partial charge in [0.1, 0.15) is 5.82 Å². The van der Waals surface area contributed by atoms with E-state index in [9.17, 15) is 9.59 Å². The van der Waals surface area contributed by atoms with Gasteiger partial charge in [-0.1, -0.05) is 17.8 Å². The minimum atomic E-state index is -0.110. The first kappa shape index (κ1) is 19.9. The number of rotatable bonds is 9. The minimum Gasteiger partial charge on any atom is -0.339 e. The quantitative estimate of drug-likeness (QED) is 0.634. The second kappa shape index (κ2) is 8.57. The van der Waals surface area contributed by atoms with E-state index in [2.05, 4.69) is 20.1 Å². The molecule has 1 aromatic heterocycles. The number of nitrogens with zero attached hydrogens (tertiary/aromatic N) is 4. The van der Waals surface area contributed by atoms with Crippen molar-refractivity contribution in [2.75, 3.05) is 24.2 Å². The summed E-state index contributed by atoms with van der Waals surface area (Å²) in [6, 6.07) is 7.63. The normalized spacial score (nSPS) is 15.9. The third-order valence-electron chi connectivity index (χ3n) is 5.32. The van der Waals surface area contributed by atoms with E-state index in [0.717, 1.165) is 11.0 Å².